The summed E-state index contributed by atoms with van der Waals surface area (Å²) in [5, 5.41) is 13.7. The summed E-state index contributed by atoms with van der Waals surface area (Å²) in [6, 6.07) is 10.2. The Morgan fingerprint density at radius 2 is 1.81 bits per heavy atom. The monoisotopic (exact) mass is 388 g/mol. The third-order valence-corrected chi connectivity index (χ3v) is 4.21. The standard InChI is InChI=1S/C18H16N2O6S/c1-11(21)19-13-5-3-12(4-6-13)17(22)10-26-18(23)15-9-14(27-2)7-8-16(15)20(24)25/h3-9H,10H2,1-2H3,(H,19,21). The summed E-state index contributed by atoms with van der Waals surface area (Å²) in [4.78, 5) is 46.4. The van der Waals surface area contributed by atoms with E-state index >= 15 is 0 Å². The van der Waals surface area contributed by atoms with Gasteiger partial charge in [0.1, 0.15) is 5.56 Å². The molecule has 2 aromatic carbocycles. The number of nitrogens with one attached hydrogen (secondary N) is 1. The van der Waals surface area contributed by atoms with Crippen molar-refractivity contribution in [3.05, 3.63) is 63.7 Å². The van der Waals surface area contributed by atoms with E-state index in [0.717, 1.165) is 0 Å². The minimum Gasteiger partial charge on any atom is -0.454 e. The lowest BCUT2D eigenvalue weighted by Gasteiger charge is -2.07. The molecule has 0 aliphatic heterocycles. The number of thioether (sulfide) groups is 1. The van der Waals surface area contributed by atoms with Gasteiger partial charge in [-0.3, -0.25) is 19.7 Å². The molecule has 0 saturated heterocycles. The molecule has 0 saturated carbocycles. The highest BCUT2D eigenvalue weighted by Gasteiger charge is 2.23. The maximum atomic E-state index is 12.2. The lowest BCUT2D eigenvalue weighted by Crippen LogP contribution is -2.15. The van der Waals surface area contributed by atoms with Crippen LogP contribution in [-0.2, 0) is 9.53 Å². The molecule has 9 heteroatoms. The first-order chi connectivity index (χ1) is 12.8. The van der Waals surface area contributed by atoms with Crippen LogP contribution in [0, 0.1) is 10.1 Å². The summed E-state index contributed by atoms with van der Waals surface area (Å²) in [6.45, 7) is 0.808. The minimum atomic E-state index is -0.944. The van der Waals surface area contributed by atoms with Crippen molar-refractivity contribution >= 4 is 40.8 Å². The van der Waals surface area contributed by atoms with Gasteiger partial charge in [-0.15, -0.1) is 11.8 Å². The molecule has 1 N–H and O–H groups in total. The Hall–Kier alpha value is -3.20. The van der Waals surface area contributed by atoms with Crippen LogP contribution in [0.25, 0.3) is 0 Å². The summed E-state index contributed by atoms with van der Waals surface area (Å²) in [5.74, 6) is -1.65. The van der Waals surface area contributed by atoms with Crippen molar-refractivity contribution in [1.29, 1.82) is 0 Å². The number of ketones is 1. The molecule has 0 heterocycles. The van der Waals surface area contributed by atoms with Gasteiger partial charge in [0.05, 0.1) is 4.92 Å². The number of esters is 1. The van der Waals surface area contributed by atoms with E-state index in [4.69, 9.17) is 4.74 Å². The largest absolute Gasteiger partial charge is 0.454 e. The number of nitro benzene ring substituents is 1. The van der Waals surface area contributed by atoms with Gasteiger partial charge in [-0.2, -0.15) is 0 Å². The first kappa shape index (κ1) is 20.1. The normalized spacial score (nSPS) is 10.1. The molecule has 27 heavy (non-hydrogen) atoms. The number of hydrogen-bond acceptors (Lipinski definition) is 7. The van der Waals surface area contributed by atoms with Crippen molar-refractivity contribution in [1.82, 2.24) is 0 Å². The van der Waals surface area contributed by atoms with Gasteiger partial charge in [0.2, 0.25) is 5.91 Å². The number of carbonyl (C=O) groups excluding carboxylic acids is 3. The average molecular weight is 388 g/mol. The van der Waals surface area contributed by atoms with Crippen LogP contribution in [0.5, 0.6) is 0 Å². The number of anilines is 1. The number of rotatable bonds is 7. The Labute approximate surface area is 159 Å². The predicted molar refractivity (Wildman–Crippen MR) is 100 cm³/mol. The van der Waals surface area contributed by atoms with E-state index in [1.54, 1.807) is 18.4 Å². The third kappa shape index (κ3) is 5.38. The SMILES string of the molecule is CSc1ccc([N+](=O)[O-])c(C(=O)OCC(=O)c2ccc(NC(C)=O)cc2)c1. The zero-order valence-corrected chi connectivity index (χ0v) is 15.4. The van der Waals surface area contributed by atoms with Crippen LogP contribution in [0.2, 0.25) is 0 Å². The highest BCUT2D eigenvalue weighted by atomic mass is 32.2. The van der Waals surface area contributed by atoms with E-state index in [-0.39, 0.29) is 22.7 Å². The van der Waals surface area contributed by atoms with Gasteiger partial charge in [0, 0.05) is 29.1 Å². The first-order valence-corrected chi connectivity index (χ1v) is 8.94. The molecule has 0 bridgehead atoms. The zero-order chi connectivity index (χ0) is 20.0. The second-order valence-corrected chi connectivity index (χ2v) is 6.28. The molecular formula is C18H16N2O6S. The highest BCUT2D eigenvalue weighted by molar-refractivity contribution is 7.98. The first-order valence-electron chi connectivity index (χ1n) is 7.72. The van der Waals surface area contributed by atoms with E-state index < -0.39 is 23.3 Å². The van der Waals surface area contributed by atoms with Crippen LogP contribution in [0.4, 0.5) is 11.4 Å². The Bertz CT molecular complexity index is 895. The highest BCUT2D eigenvalue weighted by Crippen LogP contribution is 2.25. The molecule has 0 fully saturated rings. The summed E-state index contributed by atoms with van der Waals surface area (Å²) in [5.41, 5.74) is 0.218. The van der Waals surface area contributed by atoms with E-state index in [9.17, 15) is 24.5 Å². The number of nitrogens with zero attached hydrogens (tertiary/aromatic N) is 1. The number of carbonyl (C=O) groups is 3. The fourth-order valence-corrected chi connectivity index (χ4v) is 2.64. The van der Waals surface area contributed by atoms with Crippen molar-refractivity contribution in [3.8, 4) is 0 Å². The van der Waals surface area contributed by atoms with Crippen LogP contribution >= 0.6 is 11.8 Å². The average Bonchev–Trinajstić information content (AvgIpc) is 2.65. The molecule has 0 radical (unpaired) electrons. The second kappa shape index (κ2) is 8.95. The minimum absolute atomic E-state index is 0.208. The number of hydrogen-bond donors (Lipinski definition) is 1. The van der Waals surface area contributed by atoms with Gasteiger partial charge in [0.25, 0.3) is 5.69 Å². The molecule has 2 aromatic rings. The van der Waals surface area contributed by atoms with Gasteiger partial charge in [-0.05, 0) is 42.7 Å². The van der Waals surface area contributed by atoms with E-state index in [1.165, 1.54) is 49.0 Å². The molecule has 2 rings (SSSR count). The van der Waals surface area contributed by atoms with Gasteiger partial charge in [-0.25, -0.2) is 4.79 Å². The van der Waals surface area contributed by atoms with Gasteiger partial charge in [-0.1, -0.05) is 0 Å². The summed E-state index contributed by atoms with van der Waals surface area (Å²) >= 11 is 1.32. The number of nitro groups is 1. The number of ether oxygens (including phenoxy) is 1. The van der Waals surface area contributed by atoms with Gasteiger partial charge < -0.3 is 10.1 Å². The van der Waals surface area contributed by atoms with Crippen molar-refractivity contribution < 1.29 is 24.0 Å². The topological polar surface area (TPSA) is 116 Å². The molecule has 1 amide bonds. The summed E-state index contributed by atoms with van der Waals surface area (Å²) < 4.78 is 4.96. The lowest BCUT2D eigenvalue weighted by molar-refractivity contribution is -0.385. The maximum absolute atomic E-state index is 12.2. The zero-order valence-electron chi connectivity index (χ0n) is 14.6. The molecule has 0 atom stereocenters. The van der Waals surface area contributed by atoms with Crippen molar-refractivity contribution in [3.63, 3.8) is 0 Å². The molecule has 0 aliphatic carbocycles. The van der Waals surface area contributed by atoms with Crippen LogP contribution in [0.1, 0.15) is 27.6 Å². The van der Waals surface area contributed by atoms with Crippen LogP contribution in [-0.4, -0.2) is 35.4 Å². The van der Waals surface area contributed by atoms with Crippen LogP contribution in [0.3, 0.4) is 0 Å². The van der Waals surface area contributed by atoms with Crippen molar-refractivity contribution in [2.75, 3.05) is 18.2 Å². The number of benzene rings is 2. The lowest BCUT2D eigenvalue weighted by atomic mass is 10.1. The maximum Gasteiger partial charge on any atom is 0.345 e. The fourth-order valence-electron chi connectivity index (χ4n) is 2.20. The molecule has 0 unspecified atom stereocenters. The van der Waals surface area contributed by atoms with Gasteiger partial charge >= 0.3 is 5.97 Å². The quantitative estimate of drug-likeness (QED) is 0.254. The second-order valence-electron chi connectivity index (χ2n) is 5.40. The van der Waals surface area contributed by atoms with E-state index in [2.05, 4.69) is 5.32 Å². The van der Waals surface area contributed by atoms with Crippen molar-refractivity contribution in [2.24, 2.45) is 0 Å². The smallest absolute Gasteiger partial charge is 0.345 e. The number of Topliss-reactive ketones (excluding diaryl/α,β-unsaturated/α-hetero) is 1. The molecular weight excluding hydrogens is 372 g/mol. The Morgan fingerprint density at radius 1 is 1.15 bits per heavy atom. The fraction of sp³-hybridized carbons (Fsp3) is 0.167. The van der Waals surface area contributed by atoms with E-state index in [0.29, 0.717) is 10.6 Å². The van der Waals surface area contributed by atoms with E-state index in [1.807, 2.05) is 0 Å². The Morgan fingerprint density at radius 3 is 2.37 bits per heavy atom. The third-order valence-electron chi connectivity index (χ3n) is 3.48. The summed E-state index contributed by atoms with van der Waals surface area (Å²) in [6.07, 6.45) is 1.77. The molecule has 0 aromatic heterocycles. The Balaban J connectivity index is 2.07. The summed E-state index contributed by atoms with van der Waals surface area (Å²) in [7, 11) is 0. The molecule has 140 valence electrons. The number of amides is 1. The molecule has 0 aliphatic rings. The molecule has 8 nitrogen and oxygen atoms in total. The molecule has 0 spiro atoms. The van der Waals surface area contributed by atoms with Gasteiger partial charge in [0.15, 0.2) is 12.4 Å². The predicted octanol–water partition coefficient (Wildman–Crippen LogP) is 3.31. The van der Waals surface area contributed by atoms with Crippen LogP contribution in [0.15, 0.2) is 47.4 Å². The van der Waals surface area contributed by atoms with Crippen LogP contribution < -0.4 is 5.32 Å². The Kier molecular flexibility index (Phi) is 6.67. The van der Waals surface area contributed by atoms with Crippen molar-refractivity contribution in [2.45, 2.75) is 11.8 Å².